The molecule has 110 valence electrons. The van der Waals surface area contributed by atoms with Gasteiger partial charge >= 0.3 is 6.18 Å². The summed E-state index contributed by atoms with van der Waals surface area (Å²) in [4.78, 5) is 11.8. The zero-order valence-electron chi connectivity index (χ0n) is 10.7. The summed E-state index contributed by atoms with van der Waals surface area (Å²) in [7, 11) is 0. The van der Waals surface area contributed by atoms with Gasteiger partial charge in [0.15, 0.2) is 5.78 Å². The number of Topliss-reactive ketones (excluding diaryl/α,β-unsaturated/α-hetero) is 1. The van der Waals surface area contributed by atoms with Crippen LogP contribution in [0.1, 0.15) is 15.9 Å². The van der Waals surface area contributed by atoms with E-state index < -0.39 is 23.3 Å². The summed E-state index contributed by atoms with van der Waals surface area (Å²) in [6, 6.07) is 11.0. The van der Waals surface area contributed by atoms with Crippen molar-refractivity contribution in [3.8, 4) is 0 Å². The summed E-state index contributed by atoms with van der Waals surface area (Å²) in [6.45, 7) is -0.130. The maximum Gasteiger partial charge on any atom is 0.419 e. The number of para-hydroxylation sites is 1. The highest BCUT2D eigenvalue weighted by molar-refractivity contribution is 5.99. The van der Waals surface area contributed by atoms with Crippen molar-refractivity contribution in [2.24, 2.45) is 0 Å². The molecule has 21 heavy (non-hydrogen) atoms. The molecule has 0 bridgehead atoms. The van der Waals surface area contributed by atoms with E-state index in [2.05, 4.69) is 5.32 Å². The van der Waals surface area contributed by atoms with Gasteiger partial charge in [0.2, 0.25) is 0 Å². The van der Waals surface area contributed by atoms with Crippen LogP contribution >= 0.6 is 0 Å². The van der Waals surface area contributed by atoms with Crippen molar-refractivity contribution in [3.05, 3.63) is 65.5 Å². The molecule has 0 amide bonds. The van der Waals surface area contributed by atoms with Gasteiger partial charge in [-0.25, -0.2) is 4.39 Å². The van der Waals surface area contributed by atoms with E-state index in [1.54, 1.807) is 30.3 Å². The number of ketones is 1. The third-order valence-electron chi connectivity index (χ3n) is 2.82. The molecule has 0 heterocycles. The van der Waals surface area contributed by atoms with E-state index in [-0.39, 0.29) is 12.1 Å². The zero-order chi connectivity index (χ0) is 15.5. The van der Waals surface area contributed by atoms with Crippen molar-refractivity contribution < 1.29 is 22.4 Å². The van der Waals surface area contributed by atoms with E-state index in [4.69, 9.17) is 0 Å². The molecule has 2 aromatic rings. The number of benzene rings is 2. The first-order valence-electron chi connectivity index (χ1n) is 6.07. The number of hydrogen-bond donors (Lipinski definition) is 1. The number of alkyl halides is 3. The van der Waals surface area contributed by atoms with Gasteiger partial charge in [-0.3, -0.25) is 4.79 Å². The molecule has 0 fully saturated rings. The summed E-state index contributed by atoms with van der Waals surface area (Å²) >= 11 is 0. The fourth-order valence-corrected chi connectivity index (χ4v) is 1.76. The topological polar surface area (TPSA) is 29.1 Å². The fourth-order valence-electron chi connectivity index (χ4n) is 1.76. The van der Waals surface area contributed by atoms with Crippen LogP contribution in [0.4, 0.5) is 23.2 Å². The second kappa shape index (κ2) is 5.95. The van der Waals surface area contributed by atoms with Crippen LogP contribution in [0.25, 0.3) is 0 Å². The number of hydrogen-bond acceptors (Lipinski definition) is 2. The van der Waals surface area contributed by atoms with E-state index in [9.17, 15) is 22.4 Å². The predicted octanol–water partition coefficient (Wildman–Crippen LogP) is 4.14. The molecule has 0 atom stereocenters. The van der Waals surface area contributed by atoms with E-state index in [0.717, 1.165) is 6.07 Å². The molecule has 0 spiro atoms. The Morgan fingerprint density at radius 2 is 1.71 bits per heavy atom. The molecule has 0 radical (unpaired) electrons. The van der Waals surface area contributed by atoms with Crippen LogP contribution in [0, 0.1) is 5.82 Å². The molecular weight excluding hydrogens is 286 g/mol. The summed E-state index contributed by atoms with van der Waals surface area (Å²) in [5.41, 5.74) is -0.794. The maximum absolute atomic E-state index is 13.4. The average molecular weight is 297 g/mol. The van der Waals surface area contributed by atoms with E-state index >= 15 is 0 Å². The monoisotopic (exact) mass is 297 g/mol. The highest BCUT2D eigenvalue weighted by atomic mass is 19.4. The number of rotatable bonds is 4. The summed E-state index contributed by atoms with van der Waals surface area (Å²) in [5.74, 6) is -1.94. The molecule has 2 nitrogen and oxygen atoms in total. The molecule has 2 rings (SSSR count). The lowest BCUT2D eigenvalue weighted by molar-refractivity contribution is -0.140. The van der Waals surface area contributed by atoms with Gasteiger partial charge in [0.25, 0.3) is 0 Å². The third kappa shape index (κ3) is 3.81. The Balaban J connectivity index is 2.08. The Bertz CT molecular complexity index is 638. The van der Waals surface area contributed by atoms with E-state index in [0.29, 0.717) is 17.8 Å². The first-order chi connectivity index (χ1) is 9.88. The number of halogens is 4. The van der Waals surface area contributed by atoms with Gasteiger partial charge in [0, 0.05) is 11.3 Å². The van der Waals surface area contributed by atoms with Crippen LogP contribution in [0.15, 0.2) is 48.5 Å². The van der Waals surface area contributed by atoms with Crippen LogP contribution in [-0.2, 0) is 6.18 Å². The van der Waals surface area contributed by atoms with Crippen molar-refractivity contribution in [1.29, 1.82) is 0 Å². The highest BCUT2D eigenvalue weighted by Crippen LogP contribution is 2.31. The molecule has 0 aliphatic heterocycles. The van der Waals surface area contributed by atoms with Crippen molar-refractivity contribution in [1.82, 2.24) is 0 Å². The largest absolute Gasteiger partial charge is 0.419 e. The lowest BCUT2D eigenvalue weighted by Crippen LogP contribution is -2.15. The minimum Gasteiger partial charge on any atom is -0.378 e. The number of anilines is 1. The molecule has 1 N–H and O–H groups in total. The number of carbonyl (C=O) groups is 1. The van der Waals surface area contributed by atoms with Gasteiger partial charge in [0.1, 0.15) is 5.82 Å². The number of carbonyl (C=O) groups excluding carboxylic acids is 1. The normalized spacial score (nSPS) is 11.2. The molecular formula is C15H11F4NO. The maximum atomic E-state index is 13.4. The average Bonchev–Trinajstić information content (AvgIpc) is 2.44. The van der Waals surface area contributed by atoms with Crippen molar-refractivity contribution in [2.75, 3.05) is 11.9 Å². The smallest absolute Gasteiger partial charge is 0.378 e. The molecule has 0 aromatic heterocycles. The standard InChI is InChI=1S/C15H11F4NO/c16-13-8-10(6-7-12(13)15(17,18)19)14(21)9-20-11-4-2-1-3-5-11/h1-8,20H,9H2. The minimum atomic E-state index is -4.77. The van der Waals surface area contributed by atoms with Crippen molar-refractivity contribution in [2.45, 2.75) is 6.18 Å². The predicted molar refractivity (Wildman–Crippen MR) is 70.7 cm³/mol. The summed E-state index contributed by atoms with van der Waals surface area (Å²) in [5, 5.41) is 2.81. The van der Waals surface area contributed by atoms with Crippen LogP contribution in [-0.4, -0.2) is 12.3 Å². The second-order valence-corrected chi connectivity index (χ2v) is 4.34. The first-order valence-corrected chi connectivity index (χ1v) is 6.07. The van der Waals surface area contributed by atoms with Crippen LogP contribution in [0.2, 0.25) is 0 Å². The Hall–Kier alpha value is -2.37. The molecule has 2 aromatic carbocycles. The Kier molecular flexibility index (Phi) is 4.26. The summed E-state index contributed by atoms with van der Waals surface area (Å²) < 4.78 is 50.6. The van der Waals surface area contributed by atoms with Crippen LogP contribution in [0.5, 0.6) is 0 Å². The Morgan fingerprint density at radius 3 is 2.29 bits per heavy atom. The lowest BCUT2D eigenvalue weighted by atomic mass is 10.1. The Labute approximate surface area is 118 Å². The van der Waals surface area contributed by atoms with Gasteiger partial charge in [0.05, 0.1) is 12.1 Å². The highest BCUT2D eigenvalue weighted by Gasteiger charge is 2.34. The van der Waals surface area contributed by atoms with E-state index in [1.165, 1.54) is 0 Å². The molecule has 0 aliphatic rings. The van der Waals surface area contributed by atoms with Crippen LogP contribution < -0.4 is 5.32 Å². The Morgan fingerprint density at radius 1 is 1.05 bits per heavy atom. The number of nitrogens with one attached hydrogen (secondary N) is 1. The van der Waals surface area contributed by atoms with E-state index in [1.807, 2.05) is 0 Å². The molecule has 0 unspecified atom stereocenters. The fraction of sp³-hybridized carbons (Fsp3) is 0.133. The first kappa shape index (κ1) is 15.0. The molecule has 0 saturated heterocycles. The SMILES string of the molecule is O=C(CNc1ccccc1)c1ccc(C(F)(F)F)c(F)c1. The molecule has 0 saturated carbocycles. The zero-order valence-corrected chi connectivity index (χ0v) is 10.7. The van der Waals surface area contributed by atoms with Gasteiger partial charge in [-0.2, -0.15) is 13.2 Å². The van der Waals surface area contributed by atoms with Gasteiger partial charge in [-0.05, 0) is 24.3 Å². The minimum absolute atomic E-state index is 0.107. The lowest BCUT2D eigenvalue weighted by Gasteiger charge is -2.09. The van der Waals surface area contributed by atoms with Gasteiger partial charge in [-0.15, -0.1) is 0 Å². The van der Waals surface area contributed by atoms with Gasteiger partial charge < -0.3 is 5.32 Å². The van der Waals surface area contributed by atoms with Crippen molar-refractivity contribution in [3.63, 3.8) is 0 Å². The third-order valence-corrected chi connectivity index (χ3v) is 2.82. The quantitative estimate of drug-likeness (QED) is 0.679. The van der Waals surface area contributed by atoms with Crippen molar-refractivity contribution >= 4 is 11.5 Å². The van der Waals surface area contributed by atoms with Crippen LogP contribution in [0.3, 0.4) is 0 Å². The summed E-state index contributed by atoms with van der Waals surface area (Å²) in [6.07, 6.45) is -4.77. The second-order valence-electron chi connectivity index (χ2n) is 4.34. The van der Waals surface area contributed by atoms with Gasteiger partial charge in [-0.1, -0.05) is 24.3 Å². The molecule has 6 heteroatoms. The molecule has 0 aliphatic carbocycles.